The molecule has 3 aromatic rings. The number of benzene rings is 1. The van der Waals surface area contributed by atoms with Crippen molar-refractivity contribution in [2.75, 3.05) is 33.2 Å². The number of hydrogen-bond donors (Lipinski definition) is 0. The summed E-state index contributed by atoms with van der Waals surface area (Å²) in [6.07, 6.45) is 1.67. The van der Waals surface area contributed by atoms with Gasteiger partial charge in [0.2, 0.25) is 0 Å². The van der Waals surface area contributed by atoms with Crippen LogP contribution < -0.4 is 24.5 Å². The van der Waals surface area contributed by atoms with Crippen molar-refractivity contribution in [1.29, 1.82) is 0 Å². The van der Waals surface area contributed by atoms with Crippen LogP contribution in [0, 0.1) is 0 Å². The van der Waals surface area contributed by atoms with Crippen molar-refractivity contribution in [2.45, 2.75) is 13.0 Å². The molecule has 3 heterocycles. The first-order valence-electron chi connectivity index (χ1n) is 9.96. The maximum atomic E-state index is 13.6. The number of thiazole rings is 1. The van der Waals surface area contributed by atoms with Crippen molar-refractivity contribution < 1.29 is 18.7 Å². The van der Waals surface area contributed by atoms with Gasteiger partial charge in [0.15, 0.2) is 10.7 Å². The van der Waals surface area contributed by atoms with Gasteiger partial charge in [-0.05, 0) is 31.2 Å². The predicted molar refractivity (Wildman–Crippen MR) is 127 cm³/mol. The Kier molecular flexibility index (Phi) is 6.18. The first-order chi connectivity index (χ1) is 15.7. The van der Waals surface area contributed by atoms with Crippen molar-refractivity contribution in [3.63, 3.8) is 0 Å². The van der Waals surface area contributed by atoms with Crippen LogP contribution in [0.4, 0.5) is 5.88 Å². The molecule has 1 aromatic carbocycles. The molecule has 2 aromatic heterocycles. The lowest BCUT2D eigenvalue weighted by Gasteiger charge is -2.25. The highest BCUT2D eigenvalue weighted by atomic mass is 35.5. The molecule has 1 aliphatic rings. The molecule has 0 unspecified atom stereocenters. The van der Waals surface area contributed by atoms with E-state index >= 15 is 0 Å². The smallest absolute Gasteiger partial charge is 0.338 e. The number of anilines is 1. The van der Waals surface area contributed by atoms with Crippen molar-refractivity contribution >= 4 is 40.9 Å². The third kappa shape index (κ3) is 4.09. The molecule has 1 aliphatic heterocycles. The van der Waals surface area contributed by atoms with Gasteiger partial charge in [0, 0.05) is 36.8 Å². The molecule has 0 bridgehead atoms. The number of aromatic nitrogens is 1. The molecular formula is C23H22ClN3O5S. The molecule has 10 heteroatoms. The van der Waals surface area contributed by atoms with Crippen molar-refractivity contribution in [3.8, 4) is 5.75 Å². The first kappa shape index (κ1) is 22.9. The van der Waals surface area contributed by atoms with Crippen LogP contribution in [0.5, 0.6) is 5.75 Å². The fraction of sp³-hybridized carbons (Fsp3) is 0.261. The molecule has 0 fully saturated rings. The van der Waals surface area contributed by atoms with Gasteiger partial charge in [-0.1, -0.05) is 22.9 Å². The zero-order chi connectivity index (χ0) is 23.9. The van der Waals surface area contributed by atoms with E-state index in [1.807, 2.05) is 25.1 Å². The summed E-state index contributed by atoms with van der Waals surface area (Å²) in [5, 5.41) is 0.443. The Labute approximate surface area is 198 Å². The number of esters is 1. The number of ether oxygens (including phenoxy) is 2. The third-order valence-corrected chi connectivity index (χ3v) is 6.46. The molecule has 0 radical (unpaired) electrons. The predicted octanol–water partition coefficient (Wildman–Crippen LogP) is 2.73. The van der Waals surface area contributed by atoms with E-state index in [4.69, 9.17) is 25.5 Å². The van der Waals surface area contributed by atoms with Gasteiger partial charge >= 0.3 is 5.97 Å². The number of rotatable bonds is 5. The minimum atomic E-state index is -0.821. The van der Waals surface area contributed by atoms with Crippen molar-refractivity contribution in [3.05, 3.63) is 77.6 Å². The topological polar surface area (TPSA) is 86.3 Å². The molecule has 33 heavy (non-hydrogen) atoms. The van der Waals surface area contributed by atoms with Crippen LogP contribution in [0.15, 0.2) is 55.8 Å². The second-order valence-electron chi connectivity index (χ2n) is 7.53. The van der Waals surface area contributed by atoms with Crippen LogP contribution in [-0.4, -0.2) is 38.9 Å². The second-order valence-corrected chi connectivity index (χ2v) is 8.98. The molecule has 0 saturated carbocycles. The van der Waals surface area contributed by atoms with Gasteiger partial charge < -0.3 is 18.8 Å². The third-order valence-electron chi connectivity index (χ3n) is 5.24. The van der Waals surface area contributed by atoms with Gasteiger partial charge in [0.05, 0.1) is 30.0 Å². The maximum Gasteiger partial charge on any atom is 0.338 e. The van der Waals surface area contributed by atoms with E-state index in [2.05, 4.69) is 4.99 Å². The Morgan fingerprint density at radius 1 is 1.27 bits per heavy atom. The lowest BCUT2D eigenvalue weighted by atomic mass is 9.95. The van der Waals surface area contributed by atoms with Crippen molar-refractivity contribution in [2.24, 2.45) is 4.99 Å². The van der Waals surface area contributed by atoms with Gasteiger partial charge in [0.25, 0.3) is 5.56 Å². The van der Waals surface area contributed by atoms with Crippen LogP contribution >= 0.6 is 22.9 Å². The van der Waals surface area contributed by atoms with E-state index < -0.39 is 12.0 Å². The van der Waals surface area contributed by atoms with Crippen LogP contribution in [0.3, 0.4) is 0 Å². The zero-order valence-electron chi connectivity index (χ0n) is 18.7. The molecule has 0 amide bonds. The summed E-state index contributed by atoms with van der Waals surface area (Å²) >= 11 is 7.49. The molecule has 4 rings (SSSR count). The Hall–Kier alpha value is -3.30. The molecule has 0 aliphatic carbocycles. The van der Waals surface area contributed by atoms with Crippen LogP contribution in [0.1, 0.15) is 24.3 Å². The van der Waals surface area contributed by atoms with E-state index in [1.54, 1.807) is 37.3 Å². The fourth-order valence-electron chi connectivity index (χ4n) is 3.70. The first-order valence-corrected chi connectivity index (χ1v) is 11.2. The standard InChI is InChI=1S/C23H22ClN3O5S/c1-12-19(22(29)31-5)20(15-10-13(24)6-8-16(15)30-4)27-21(28)17(33-23(27)25-12)11-14-7-9-18(32-14)26(2)3/h6-11,20H,1-5H3/b17-11-/t20-/m0/s1. The van der Waals surface area contributed by atoms with E-state index in [0.717, 1.165) is 0 Å². The minimum Gasteiger partial charge on any atom is -0.496 e. The molecule has 1 atom stereocenters. The van der Waals surface area contributed by atoms with E-state index in [9.17, 15) is 9.59 Å². The monoisotopic (exact) mass is 487 g/mol. The average Bonchev–Trinajstić information content (AvgIpc) is 3.37. The van der Waals surface area contributed by atoms with Crippen LogP contribution in [0.2, 0.25) is 5.02 Å². The minimum absolute atomic E-state index is 0.241. The lowest BCUT2D eigenvalue weighted by molar-refractivity contribution is -0.136. The lowest BCUT2D eigenvalue weighted by Crippen LogP contribution is -2.40. The molecule has 172 valence electrons. The zero-order valence-corrected chi connectivity index (χ0v) is 20.3. The summed E-state index contributed by atoms with van der Waals surface area (Å²) in [4.78, 5) is 33.2. The number of nitrogens with zero attached hydrogens (tertiary/aromatic N) is 3. The molecule has 0 N–H and O–H groups in total. The van der Waals surface area contributed by atoms with Crippen LogP contribution in [0.25, 0.3) is 6.08 Å². The summed E-state index contributed by atoms with van der Waals surface area (Å²) < 4.78 is 18.2. The van der Waals surface area contributed by atoms with E-state index in [1.165, 1.54) is 30.1 Å². The Bertz CT molecular complexity index is 1450. The van der Waals surface area contributed by atoms with E-state index in [-0.39, 0.29) is 11.1 Å². The summed E-state index contributed by atoms with van der Waals surface area (Å²) in [6, 6.07) is 7.85. The highest BCUT2D eigenvalue weighted by Crippen LogP contribution is 2.37. The van der Waals surface area contributed by atoms with Gasteiger partial charge in [-0.25, -0.2) is 9.79 Å². The van der Waals surface area contributed by atoms with Gasteiger partial charge in [-0.3, -0.25) is 9.36 Å². The highest BCUT2D eigenvalue weighted by Gasteiger charge is 2.35. The number of hydrogen-bond acceptors (Lipinski definition) is 8. The quantitative estimate of drug-likeness (QED) is 0.514. The van der Waals surface area contributed by atoms with E-state index in [0.29, 0.717) is 43.0 Å². The summed E-state index contributed by atoms with van der Waals surface area (Å²) in [5.41, 5.74) is 0.933. The Morgan fingerprint density at radius 2 is 2.03 bits per heavy atom. The van der Waals surface area contributed by atoms with Gasteiger partial charge in [-0.15, -0.1) is 0 Å². The fourth-order valence-corrected chi connectivity index (χ4v) is 4.90. The largest absolute Gasteiger partial charge is 0.496 e. The Balaban J connectivity index is 1.99. The molecular weight excluding hydrogens is 466 g/mol. The number of carbonyl (C=O) groups excluding carboxylic acids is 1. The highest BCUT2D eigenvalue weighted by molar-refractivity contribution is 7.07. The SMILES string of the molecule is COC(=O)C1=C(C)N=c2s/c(=C\c3ccc(N(C)C)o3)c(=O)n2[C@H]1c1cc(Cl)ccc1OC. The number of methoxy groups -OCH3 is 2. The summed E-state index contributed by atoms with van der Waals surface area (Å²) in [7, 11) is 6.54. The average molecular weight is 488 g/mol. The van der Waals surface area contributed by atoms with Crippen molar-refractivity contribution in [1.82, 2.24) is 4.57 Å². The second kappa shape index (κ2) is 8.92. The normalized spacial score (nSPS) is 15.8. The number of furan rings is 1. The number of allylic oxidation sites excluding steroid dienone is 1. The maximum absolute atomic E-state index is 13.6. The molecule has 0 spiro atoms. The summed E-state index contributed by atoms with van der Waals surface area (Å²) in [5.74, 6) is 1.10. The number of carbonyl (C=O) groups is 1. The van der Waals surface area contributed by atoms with Gasteiger partial charge in [0.1, 0.15) is 17.6 Å². The molecule has 0 saturated heterocycles. The summed E-state index contributed by atoms with van der Waals surface area (Å²) in [6.45, 7) is 1.71. The van der Waals surface area contributed by atoms with Gasteiger partial charge in [-0.2, -0.15) is 0 Å². The molecule has 8 nitrogen and oxygen atoms in total. The number of halogens is 1. The Morgan fingerprint density at radius 3 is 2.67 bits per heavy atom. The van der Waals surface area contributed by atoms with Crippen LogP contribution in [-0.2, 0) is 9.53 Å². The number of fused-ring (bicyclic) bond motifs is 1.